The average molecular weight is 466 g/mol. The molecule has 6 heteroatoms. The third kappa shape index (κ3) is 2.87. The lowest BCUT2D eigenvalue weighted by Gasteiger charge is -2.10. The van der Waals surface area contributed by atoms with E-state index in [0.29, 0.717) is 5.69 Å². The Hall–Kier alpha value is -0.600. The van der Waals surface area contributed by atoms with Crippen LogP contribution in [0.3, 0.4) is 0 Å². The topological polar surface area (TPSA) is 63.3 Å². The highest BCUT2D eigenvalue weighted by molar-refractivity contribution is 14.1. The molecule has 0 radical (unpaired) electrons. The van der Waals surface area contributed by atoms with Crippen molar-refractivity contribution in [2.24, 2.45) is 0 Å². The Morgan fingerprint density at radius 2 is 2.10 bits per heavy atom. The minimum absolute atomic E-state index is 0.170. The van der Waals surface area contributed by atoms with E-state index in [-0.39, 0.29) is 10.8 Å². The predicted octanol–water partition coefficient (Wildman–Crippen LogP) is 5.19. The zero-order chi connectivity index (χ0) is 15.0. The van der Waals surface area contributed by atoms with E-state index in [1.165, 1.54) is 11.3 Å². The van der Waals surface area contributed by atoms with Crippen LogP contribution in [-0.2, 0) is 0 Å². The second-order valence-electron chi connectivity index (χ2n) is 4.67. The summed E-state index contributed by atoms with van der Waals surface area (Å²) in [7, 11) is 0. The Labute approximate surface area is 143 Å². The summed E-state index contributed by atoms with van der Waals surface area (Å²) in [5.74, 6) is -0.796. The van der Waals surface area contributed by atoms with Gasteiger partial charge in [0.2, 0.25) is 0 Å². The van der Waals surface area contributed by atoms with Gasteiger partial charge < -0.3 is 10.8 Å². The molecule has 1 aromatic carbocycles. The number of carboxylic acid groups (broad SMARTS) is 1. The Morgan fingerprint density at radius 3 is 2.65 bits per heavy atom. The first-order valence-electron chi connectivity index (χ1n) is 5.93. The first kappa shape index (κ1) is 15.8. The van der Waals surface area contributed by atoms with Crippen molar-refractivity contribution in [2.75, 3.05) is 5.73 Å². The molecule has 106 valence electrons. The molecule has 0 saturated carbocycles. The van der Waals surface area contributed by atoms with Gasteiger partial charge in [0, 0.05) is 18.5 Å². The van der Waals surface area contributed by atoms with E-state index in [9.17, 15) is 9.90 Å². The summed E-state index contributed by atoms with van der Waals surface area (Å²) in [5, 5.41) is 9.28. The summed E-state index contributed by atoms with van der Waals surface area (Å²) in [6.07, 6.45) is 0. The molecule has 3 nitrogen and oxygen atoms in total. The molecule has 1 heterocycles. The number of hydrogen-bond donors (Lipinski definition) is 2. The second-order valence-corrected chi connectivity index (χ2v) is 7.77. The van der Waals surface area contributed by atoms with Crippen molar-refractivity contribution in [3.8, 4) is 10.4 Å². The van der Waals surface area contributed by atoms with Crippen LogP contribution in [0.5, 0.6) is 0 Å². The van der Waals surface area contributed by atoms with E-state index in [1.807, 2.05) is 32.0 Å². The lowest BCUT2D eigenvalue weighted by molar-refractivity contribution is 0.0703. The van der Waals surface area contributed by atoms with Crippen molar-refractivity contribution in [1.82, 2.24) is 0 Å². The minimum Gasteiger partial charge on any atom is -0.477 e. The zero-order valence-electron chi connectivity index (χ0n) is 10.9. The van der Waals surface area contributed by atoms with Crippen LogP contribution in [0.1, 0.15) is 35.0 Å². The minimum atomic E-state index is -0.967. The summed E-state index contributed by atoms with van der Waals surface area (Å²) >= 11 is 6.97. The maximum atomic E-state index is 11.3. The van der Waals surface area contributed by atoms with Crippen LogP contribution in [0.15, 0.2) is 22.7 Å². The molecular formula is C14H13BrINO2S. The Bertz CT molecular complexity index is 682. The van der Waals surface area contributed by atoms with Crippen LogP contribution in [0, 0.1) is 3.57 Å². The van der Waals surface area contributed by atoms with Crippen molar-refractivity contribution < 1.29 is 9.90 Å². The van der Waals surface area contributed by atoms with E-state index in [4.69, 9.17) is 5.73 Å². The highest BCUT2D eigenvalue weighted by Crippen LogP contribution is 2.44. The Balaban J connectivity index is 2.76. The highest BCUT2D eigenvalue weighted by atomic mass is 127. The highest BCUT2D eigenvalue weighted by Gasteiger charge is 2.24. The standard InChI is InChI=1S/C14H13BrINO2S/c1-6(2)10-11(17)13(14(18)19)20-12(10)8-5-7(15)3-4-9(8)16/h3-6H,17H2,1-2H3,(H,18,19). The number of benzene rings is 1. The molecule has 0 aliphatic heterocycles. The largest absolute Gasteiger partial charge is 0.477 e. The smallest absolute Gasteiger partial charge is 0.348 e. The number of carbonyl (C=O) groups is 1. The first-order chi connectivity index (χ1) is 9.32. The van der Waals surface area contributed by atoms with Gasteiger partial charge in [-0.3, -0.25) is 0 Å². The van der Waals surface area contributed by atoms with Crippen molar-refractivity contribution in [3.05, 3.63) is 36.7 Å². The normalized spacial score (nSPS) is 11.1. The molecule has 0 aliphatic carbocycles. The third-order valence-corrected chi connectivity index (χ3v) is 5.60. The number of nitrogens with two attached hydrogens (primary N) is 1. The summed E-state index contributed by atoms with van der Waals surface area (Å²) < 4.78 is 2.04. The quantitative estimate of drug-likeness (QED) is 0.613. The number of anilines is 1. The number of nitrogen functional groups attached to an aromatic ring is 1. The van der Waals surface area contributed by atoms with Gasteiger partial charge in [0.15, 0.2) is 0 Å². The van der Waals surface area contributed by atoms with E-state index < -0.39 is 5.97 Å². The lowest BCUT2D eigenvalue weighted by atomic mass is 9.98. The predicted molar refractivity (Wildman–Crippen MR) is 95.6 cm³/mol. The fourth-order valence-electron chi connectivity index (χ4n) is 2.06. The van der Waals surface area contributed by atoms with Gasteiger partial charge in [0.1, 0.15) is 4.88 Å². The van der Waals surface area contributed by atoms with Gasteiger partial charge in [-0.15, -0.1) is 11.3 Å². The molecular weight excluding hydrogens is 453 g/mol. The molecule has 3 N–H and O–H groups in total. The van der Waals surface area contributed by atoms with Crippen LogP contribution >= 0.6 is 49.9 Å². The van der Waals surface area contributed by atoms with Crippen LogP contribution in [0.25, 0.3) is 10.4 Å². The zero-order valence-corrected chi connectivity index (χ0v) is 15.5. The van der Waals surface area contributed by atoms with Gasteiger partial charge in [0.05, 0.1) is 5.69 Å². The number of thiophene rings is 1. The third-order valence-electron chi connectivity index (χ3n) is 2.93. The van der Waals surface area contributed by atoms with Crippen LogP contribution < -0.4 is 5.73 Å². The molecule has 2 rings (SSSR count). The van der Waals surface area contributed by atoms with Gasteiger partial charge in [0.25, 0.3) is 0 Å². The fraction of sp³-hybridized carbons (Fsp3) is 0.214. The fourth-order valence-corrected chi connectivity index (χ4v) is 4.46. The molecule has 0 bridgehead atoms. The lowest BCUT2D eigenvalue weighted by Crippen LogP contribution is -2.00. The summed E-state index contributed by atoms with van der Waals surface area (Å²) in [5.41, 5.74) is 8.38. The first-order valence-corrected chi connectivity index (χ1v) is 8.62. The Morgan fingerprint density at radius 1 is 1.45 bits per heavy atom. The average Bonchev–Trinajstić information content (AvgIpc) is 2.70. The molecule has 0 spiro atoms. The van der Waals surface area contributed by atoms with Gasteiger partial charge in [-0.2, -0.15) is 0 Å². The van der Waals surface area contributed by atoms with Crippen LogP contribution in [0.4, 0.5) is 5.69 Å². The van der Waals surface area contributed by atoms with Crippen molar-refractivity contribution in [3.63, 3.8) is 0 Å². The monoisotopic (exact) mass is 465 g/mol. The summed E-state index contributed by atoms with van der Waals surface area (Å²) in [6.45, 7) is 4.05. The van der Waals surface area contributed by atoms with Crippen LogP contribution in [-0.4, -0.2) is 11.1 Å². The maximum Gasteiger partial charge on any atom is 0.348 e. The number of carboxylic acids is 1. The van der Waals surface area contributed by atoms with Crippen molar-refractivity contribution in [1.29, 1.82) is 0 Å². The number of hydrogen-bond acceptors (Lipinski definition) is 3. The molecule has 0 unspecified atom stereocenters. The number of halogens is 2. The maximum absolute atomic E-state index is 11.3. The van der Waals surface area contributed by atoms with Crippen LogP contribution in [0.2, 0.25) is 0 Å². The number of rotatable bonds is 3. The molecule has 0 aliphatic rings. The second kappa shape index (κ2) is 6.03. The van der Waals surface area contributed by atoms with E-state index in [2.05, 4.69) is 38.5 Å². The molecule has 2 aromatic rings. The van der Waals surface area contributed by atoms with Gasteiger partial charge in [-0.05, 0) is 52.3 Å². The van der Waals surface area contributed by atoms with Gasteiger partial charge >= 0.3 is 5.97 Å². The SMILES string of the molecule is CC(C)c1c(-c2cc(Br)ccc2I)sc(C(=O)O)c1N. The van der Waals surface area contributed by atoms with Crippen molar-refractivity contribution >= 4 is 61.5 Å². The molecule has 0 atom stereocenters. The Kier molecular flexibility index (Phi) is 4.76. The van der Waals surface area contributed by atoms with E-state index in [0.717, 1.165) is 24.0 Å². The van der Waals surface area contributed by atoms with E-state index in [1.54, 1.807) is 0 Å². The molecule has 0 saturated heterocycles. The van der Waals surface area contributed by atoms with E-state index >= 15 is 0 Å². The molecule has 0 amide bonds. The van der Waals surface area contributed by atoms with Gasteiger partial charge in [-0.25, -0.2) is 4.79 Å². The summed E-state index contributed by atoms with van der Waals surface area (Å²) in [4.78, 5) is 12.5. The van der Waals surface area contributed by atoms with Gasteiger partial charge in [-0.1, -0.05) is 29.8 Å². The molecule has 1 aromatic heterocycles. The van der Waals surface area contributed by atoms with Crippen molar-refractivity contribution in [2.45, 2.75) is 19.8 Å². The molecule has 0 fully saturated rings. The summed E-state index contributed by atoms with van der Waals surface area (Å²) in [6, 6.07) is 5.97. The molecule has 20 heavy (non-hydrogen) atoms. The number of aromatic carboxylic acids is 1.